The first kappa shape index (κ1) is 31.6. The van der Waals surface area contributed by atoms with E-state index in [-0.39, 0.29) is 0 Å². The molecule has 0 fully saturated rings. The molecule has 0 spiro atoms. The van der Waals surface area contributed by atoms with Gasteiger partial charge in [0, 0.05) is 22.0 Å². The number of nitrogens with zero attached hydrogens (tertiary/aromatic N) is 1. The quantitative estimate of drug-likeness (QED) is 0.166. The summed E-state index contributed by atoms with van der Waals surface area (Å²) in [5.74, 6) is 0. The van der Waals surface area contributed by atoms with Gasteiger partial charge in [-0.3, -0.25) is 0 Å². The number of para-hydroxylation sites is 3. The largest absolute Gasteiger partial charge is 0.454 e. The Morgan fingerprint density at radius 3 is 1.54 bits per heavy atom. The maximum absolute atomic E-state index is 6.75. The van der Waals surface area contributed by atoms with Crippen molar-refractivity contribution in [1.82, 2.24) is 0 Å². The van der Waals surface area contributed by atoms with Crippen molar-refractivity contribution in [3.63, 3.8) is 0 Å². The van der Waals surface area contributed by atoms with Gasteiger partial charge in [0.15, 0.2) is 5.58 Å². The monoisotopic (exact) mass is 689 g/mol. The first-order valence-corrected chi connectivity index (χ1v) is 18.4. The molecular formula is C52H35NO. The van der Waals surface area contributed by atoms with Crippen molar-refractivity contribution in [1.29, 1.82) is 0 Å². The molecular weight excluding hydrogens is 655 g/mol. The fraction of sp³-hybridized carbons (Fsp3) is 0. The molecule has 2 nitrogen and oxygen atoms in total. The molecule has 0 unspecified atom stereocenters. The van der Waals surface area contributed by atoms with Gasteiger partial charge in [-0.15, -0.1) is 0 Å². The number of hydrogen-bond acceptors (Lipinski definition) is 2. The summed E-state index contributed by atoms with van der Waals surface area (Å²) in [6.45, 7) is 0. The van der Waals surface area contributed by atoms with Crippen LogP contribution in [0.15, 0.2) is 217 Å². The van der Waals surface area contributed by atoms with Crippen molar-refractivity contribution in [2.24, 2.45) is 0 Å². The lowest BCUT2D eigenvalue weighted by Crippen LogP contribution is -2.12. The molecule has 1 aromatic heterocycles. The molecule has 0 atom stereocenters. The Balaban J connectivity index is 1.25. The summed E-state index contributed by atoms with van der Waals surface area (Å²) in [5.41, 5.74) is 14.2. The zero-order chi connectivity index (χ0) is 35.8. The first-order chi connectivity index (χ1) is 26.8. The fourth-order valence-electron chi connectivity index (χ4n) is 8.02. The smallest absolute Gasteiger partial charge is 0.159 e. The Labute approximate surface area is 314 Å². The molecule has 0 bridgehead atoms. The number of anilines is 3. The first-order valence-electron chi connectivity index (χ1n) is 18.4. The fourth-order valence-corrected chi connectivity index (χ4v) is 8.02. The molecule has 0 radical (unpaired) electrons. The van der Waals surface area contributed by atoms with E-state index in [1.165, 1.54) is 38.6 Å². The van der Waals surface area contributed by atoms with Crippen molar-refractivity contribution in [3.8, 4) is 44.5 Å². The third-order valence-corrected chi connectivity index (χ3v) is 10.5. The van der Waals surface area contributed by atoms with Crippen molar-refractivity contribution in [2.45, 2.75) is 0 Å². The van der Waals surface area contributed by atoms with E-state index in [0.717, 1.165) is 55.7 Å². The second-order valence-corrected chi connectivity index (χ2v) is 13.6. The third kappa shape index (κ3) is 5.44. The SMILES string of the molecule is c1ccc(-c2ccc(N(c3ccccc3-c3cccc4c(-c5ccccc5)cccc34)c3cccc4c3oc3ccccc34)cc2-c2ccccc2)cc1. The van der Waals surface area contributed by atoms with E-state index in [1.807, 2.05) is 6.07 Å². The second-order valence-electron chi connectivity index (χ2n) is 13.6. The predicted molar refractivity (Wildman–Crippen MR) is 228 cm³/mol. The van der Waals surface area contributed by atoms with Crippen LogP contribution in [-0.2, 0) is 0 Å². The Morgan fingerprint density at radius 1 is 0.296 bits per heavy atom. The lowest BCUT2D eigenvalue weighted by Gasteiger charge is -2.29. The van der Waals surface area contributed by atoms with Gasteiger partial charge in [-0.1, -0.05) is 182 Å². The van der Waals surface area contributed by atoms with E-state index in [0.29, 0.717) is 0 Å². The topological polar surface area (TPSA) is 16.4 Å². The summed E-state index contributed by atoms with van der Waals surface area (Å²) in [5, 5.41) is 4.63. The molecule has 1 heterocycles. The van der Waals surface area contributed by atoms with Gasteiger partial charge in [0.2, 0.25) is 0 Å². The summed E-state index contributed by atoms with van der Waals surface area (Å²) < 4.78 is 6.75. The maximum Gasteiger partial charge on any atom is 0.159 e. The molecule has 0 saturated carbocycles. The number of fused-ring (bicyclic) bond motifs is 4. The van der Waals surface area contributed by atoms with E-state index in [1.54, 1.807) is 0 Å². The van der Waals surface area contributed by atoms with Gasteiger partial charge in [-0.2, -0.15) is 0 Å². The Bertz CT molecular complexity index is 2930. The molecule has 9 aromatic carbocycles. The Morgan fingerprint density at radius 2 is 0.796 bits per heavy atom. The molecule has 10 aromatic rings. The minimum Gasteiger partial charge on any atom is -0.454 e. The highest BCUT2D eigenvalue weighted by molar-refractivity contribution is 6.12. The van der Waals surface area contributed by atoms with Crippen LogP contribution >= 0.6 is 0 Å². The Kier molecular flexibility index (Phi) is 7.85. The van der Waals surface area contributed by atoms with Gasteiger partial charge in [-0.25, -0.2) is 0 Å². The van der Waals surface area contributed by atoms with Crippen molar-refractivity contribution in [3.05, 3.63) is 212 Å². The second kappa shape index (κ2) is 13.4. The van der Waals surface area contributed by atoms with E-state index < -0.39 is 0 Å². The molecule has 0 aliphatic heterocycles. The van der Waals surface area contributed by atoms with Crippen LogP contribution in [0.1, 0.15) is 0 Å². The number of rotatable bonds is 7. The molecule has 0 aliphatic rings. The van der Waals surface area contributed by atoms with Crippen LogP contribution in [0.3, 0.4) is 0 Å². The van der Waals surface area contributed by atoms with Gasteiger partial charge in [-0.05, 0) is 80.0 Å². The highest BCUT2D eigenvalue weighted by Crippen LogP contribution is 2.48. The molecule has 54 heavy (non-hydrogen) atoms. The molecule has 0 aliphatic carbocycles. The van der Waals surface area contributed by atoms with Crippen molar-refractivity contribution in [2.75, 3.05) is 4.90 Å². The Hall–Kier alpha value is -7.16. The number of furan rings is 1. The van der Waals surface area contributed by atoms with E-state index >= 15 is 0 Å². The van der Waals surface area contributed by atoms with Crippen LogP contribution in [0.2, 0.25) is 0 Å². The van der Waals surface area contributed by atoms with Crippen LogP contribution in [0.25, 0.3) is 77.2 Å². The molecule has 2 heteroatoms. The van der Waals surface area contributed by atoms with Crippen molar-refractivity contribution < 1.29 is 4.42 Å². The third-order valence-electron chi connectivity index (χ3n) is 10.5. The molecule has 0 N–H and O–H groups in total. The summed E-state index contributed by atoms with van der Waals surface area (Å²) in [6, 6.07) is 75.8. The van der Waals surface area contributed by atoms with Crippen LogP contribution in [-0.4, -0.2) is 0 Å². The van der Waals surface area contributed by atoms with E-state index in [9.17, 15) is 0 Å². The molecule has 0 saturated heterocycles. The zero-order valence-electron chi connectivity index (χ0n) is 29.6. The average Bonchev–Trinajstić information content (AvgIpc) is 3.64. The summed E-state index contributed by atoms with van der Waals surface area (Å²) >= 11 is 0. The van der Waals surface area contributed by atoms with E-state index in [4.69, 9.17) is 4.42 Å². The average molecular weight is 690 g/mol. The summed E-state index contributed by atoms with van der Waals surface area (Å²) in [7, 11) is 0. The maximum atomic E-state index is 6.75. The van der Waals surface area contributed by atoms with Crippen LogP contribution in [0.5, 0.6) is 0 Å². The lowest BCUT2D eigenvalue weighted by atomic mass is 9.91. The van der Waals surface area contributed by atoms with Gasteiger partial charge in [0.25, 0.3) is 0 Å². The van der Waals surface area contributed by atoms with Gasteiger partial charge >= 0.3 is 0 Å². The highest BCUT2D eigenvalue weighted by atomic mass is 16.3. The highest BCUT2D eigenvalue weighted by Gasteiger charge is 2.24. The number of benzene rings is 9. The lowest BCUT2D eigenvalue weighted by molar-refractivity contribution is 0.669. The number of hydrogen-bond donors (Lipinski definition) is 0. The van der Waals surface area contributed by atoms with Crippen LogP contribution in [0.4, 0.5) is 17.1 Å². The van der Waals surface area contributed by atoms with Gasteiger partial charge in [0.05, 0.1) is 11.4 Å². The standard InChI is InChI=1S/C52H35NO/c1-4-17-36(18-5-1)40-25-14-27-43-42(40)26-15-28-44(43)45-23-10-12-30-49(45)53(50-31-16-29-47-46-24-11-13-32-51(46)54-52(47)50)39-33-34-41(37-19-6-2-7-20-37)48(35-39)38-21-8-3-9-22-38/h1-35H. The van der Waals surface area contributed by atoms with Gasteiger partial charge < -0.3 is 9.32 Å². The van der Waals surface area contributed by atoms with E-state index in [2.05, 4.69) is 211 Å². The molecule has 254 valence electrons. The van der Waals surface area contributed by atoms with Crippen LogP contribution < -0.4 is 4.90 Å². The molecule has 0 amide bonds. The summed E-state index contributed by atoms with van der Waals surface area (Å²) in [6.07, 6.45) is 0. The van der Waals surface area contributed by atoms with Gasteiger partial charge in [0.1, 0.15) is 5.58 Å². The zero-order valence-corrected chi connectivity index (χ0v) is 29.6. The summed E-state index contributed by atoms with van der Waals surface area (Å²) in [4.78, 5) is 2.39. The normalized spacial score (nSPS) is 11.3. The minimum absolute atomic E-state index is 0.853. The van der Waals surface area contributed by atoms with Crippen molar-refractivity contribution >= 4 is 49.8 Å². The predicted octanol–water partition coefficient (Wildman–Crippen LogP) is 14.9. The van der Waals surface area contributed by atoms with Crippen LogP contribution in [0, 0.1) is 0 Å². The molecule has 10 rings (SSSR count). The minimum atomic E-state index is 0.853.